The summed E-state index contributed by atoms with van der Waals surface area (Å²) in [5.74, 6) is 2.39. The van der Waals surface area contributed by atoms with Gasteiger partial charge in [-0.05, 0) is 97.2 Å². The summed E-state index contributed by atoms with van der Waals surface area (Å²) in [7, 11) is -3.02. The molecule has 2 atom stereocenters. The zero-order valence-corrected chi connectivity index (χ0v) is 52.6. The van der Waals surface area contributed by atoms with Crippen molar-refractivity contribution in [3.63, 3.8) is 0 Å². The van der Waals surface area contributed by atoms with Gasteiger partial charge in [-0.15, -0.1) is 0 Å². The third-order valence-electron chi connectivity index (χ3n) is 19.0. The maximum absolute atomic E-state index is 11.8. The SMILES string of the molecule is CC(=O)N1CC(c2c[nH]c3ccccc23)C1.CC(=O)N1CCC(N2CC(=O)Nc3ccccc32)CC1.CC(=O)N1CCC(N2CCNc3ccccc32)CC1.CC(=O)N1CCC(c2c[nH]c3ccccc23)C1.CS(=O)(=O)N1CC(C2C=Nc3ccccc32)C1. The van der Waals surface area contributed by atoms with E-state index in [2.05, 4.69) is 115 Å². The number of hydrogen-bond acceptors (Lipinski definition) is 11. The van der Waals surface area contributed by atoms with Gasteiger partial charge in [-0.3, -0.25) is 29.0 Å². The summed E-state index contributed by atoms with van der Waals surface area (Å²) in [6.45, 7) is 17.1. The predicted octanol–water partition coefficient (Wildman–Crippen LogP) is 9.38. The van der Waals surface area contributed by atoms with Crippen LogP contribution in [0.5, 0.6) is 0 Å². The second-order valence-electron chi connectivity index (χ2n) is 24.7. The molecule has 20 heteroatoms. The molecule has 89 heavy (non-hydrogen) atoms. The van der Waals surface area contributed by atoms with Gasteiger partial charge in [-0.2, -0.15) is 0 Å². The first-order valence-corrected chi connectivity index (χ1v) is 33.3. The van der Waals surface area contributed by atoms with Gasteiger partial charge in [0.25, 0.3) is 0 Å². The number of carbonyl (C=O) groups excluding carboxylic acids is 5. The van der Waals surface area contributed by atoms with E-state index in [0.717, 1.165) is 115 Å². The van der Waals surface area contributed by atoms with Crippen LogP contribution in [0.25, 0.3) is 21.8 Å². The van der Waals surface area contributed by atoms with Gasteiger partial charge < -0.3 is 50.0 Å². The maximum Gasteiger partial charge on any atom is 0.243 e. The highest BCUT2D eigenvalue weighted by atomic mass is 32.2. The summed E-state index contributed by atoms with van der Waals surface area (Å²) in [5.41, 5.74) is 11.8. The van der Waals surface area contributed by atoms with E-state index >= 15 is 0 Å². The lowest BCUT2D eigenvalue weighted by molar-refractivity contribution is -0.133. The molecule has 5 aromatic carbocycles. The van der Waals surface area contributed by atoms with E-state index in [1.165, 1.54) is 60.4 Å². The molecule has 5 amide bonds. The topological polar surface area (TPSA) is 210 Å². The van der Waals surface area contributed by atoms with Crippen molar-refractivity contribution in [2.45, 2.75) is 89.6 Å². The molecule has 0 saturated carbocycles. The highest BCUT2D eigenvalue weighted by Crippen LogP contribution is 2.41. The normalized spacial score (nSPS) is 20.1. The summed E-state index contributed by atoms with van der Waals surface area (Å²) in [6, 6.07) is 42.0. The van der Waals surface area contributed by atoms with Gasteiger partial charge in [-0.25, -0.2) is 12.7 Å². The average Bonchev–Trinajstić information content (AvgIpc) is 1.95. The molecule has 2 unspecified atom stereocenters. The number of benzene rings is 5. The van der Waals surface area contributed by atoms with Crippen LogP contribution >= 0.6 is 0 Å². The number of hydrogen-bond donors (Lipinski definition) is 4. The Labute approximate surface area is 522 Å². The molecule has 0 radical (unpaired) electrons. The molecule has 8 aliphatic rings. The van der Waals surface area contributed by atoms with Gasteiger partial charge in [0, 0.05) is 176 Å². The van der Waals surface area contributed by atoms with E-state index in [4.69, 9.17) is 0 Å². The molecule has 4 N–H and O–H groups in total. The second kappa shape index (κ2) is 27.5. The molecule has 8 aliphatic heterocycles. The maximum atomic E-state index is 11.8. The Bertz CT molecular complexity index is 3820. The molecule has 468 valence electrons. The molecule has 10 heterocycles. The van der Waals surface area contributed by atoms with Crippen LogP contribution < -0.4 is 20.4 Å². The monoisotopic (exact) mass is 1220 g/mol. The van der Waals surface area contributed by atoms with E-state index in [-0.39, 0.29) is 35.5 Å². The third-order valence-corrected chi connectivity index (χ3v) is 20.2. The molecule has 0 bridgehead atoms. The van der Waals surface area contributed by atoms with Gasteiger partial charge in [0.05, 0.1) is 41.2 Å². The van der Waals surface area contributed by atoms with Crippen molar-refractivity contribution in [3.8, 4) is 0 Å². The van der Waals surface area contributed by atoms with E-state index in [0.29, 0.717) is 49.5 Å². The van der Waals surface area contributed by atoms with Gasteiger partial charge in [0.2, 0.25) is 39.6 Å². The van der Waals surface area contributed by atoms with Crippen molar-refractivity contribution in [2.75, 3.05) is 112 Å². The Balaban J connectivity index is 0.000000115. The number of aromatic amines is 2. The van der Waals surface area contributed by atoms with Crippen LogP contribution in [0.3, 0.4) is 0 Å². The standard InChI is InChI=1S/C15H19N3O2.C15H21N3O.C14H16N2O.C13H14N2O.C12H14N2O2S/c1-11(19)17-8-6-12(7-9-17)18-10-15(20)16-13-4-2-3-5-14(13)18;1-12(19)17-9-6-13(7-10-17)18-11-8-16-14-4-2-3-5-15(14)18;1-10(17)16-7-6-11(9-16)13-8-15-14-5-3-2-4-12(13)14;1-9(16)15-7-10(8-15)12-6-14-13-5-3-2-4-11(12)13;1-17(15,16)14-7-9(8-14)11-6-13-12-5-3-2-4-10(11)12/h2-5,12H,6-10H2,1H3,(H,16,20);2-5,13,16H,6-11H2,1H3;2-5,8,11,15H,6-7,9H2,1H3;2-6,10,14H,7-8H2,1H3;2-6,9,11H,7-8H2,1H3. The number of fused-ring (bicyclic) bond motifs is 5. The van der Waals surface area contributed by atoms with Crippen molar-refractivity contribution in [1.82, 2.24) is 33.9 Å². The zero-order chi connectivity index (χ0) is 62.3. The molecule has 0 spiro atoms. The number of sulfonamides is 1. The zero-order valence-electron chi connectivity index (χ0n) is 51.8. The van der Waals surface area contributed by atoms with Crippen molar-refractivity contribution in [3.05, 3.63) is 150 Å². The van der Waals surface area contributed by atoms with Crippen LogP contribution in [0, 0.1) is 5.92 Å². The lowest BCUT2D eigenvalue weighted by Gasteiger charge is -2.42. The molecular formula is C69H84N12O7S. The smallest absolute Gasteiger partial charge is 0.243 e. The quantitative estimate of drug-likeness (QED) is 0.124. The number of amides is 5. The molecule has 5 fully saturated rings. The molecule has 19 nitrogen and oxygen atoms in total. The number of carbonyl (C=O) groups is 5. The van der Waals surface area contributed by atoms with E-state index in [1.54, 1.807) is 27.7 Å². The van der Waals surface area contributed by atoms with Crippen LogP contribution in [0.2, 0.25) is 0 Å². The Morgan fingerprint density at radius 1 is 0.506 bits per heavy atom. The van der Waals surface area contributed by atoms with Crippen LogP contribution in [0.4, 0.5) is 28.4 Å². The minimum absolute atomic E-state index is 0.0395. The summed E-state index contributed by atoms with van der Waals surface area (Å²) >= 11 is 0. The van der Waals surface area contributed by atoms with Gasteiger partial charge in [0.15, 0.2) is 0 Å². The number of piperidine rings is 2. The number of nitrogens with one attached hydrogen (secondary N) is 4. The number of anilines is 4. The first-order valence-electron chi connectivity index (χ1n) is 31.4. The van der Waals surface area contributed by atoms with Gasteiger partial charge in [0.1, 0.15) is 0 Å². The molecule has 2 aromatic heterocycles. The number of para-hydroxylation sites is 7. The van der Waals surface area contributed by atoms with Crippen molar-refractivity contribution < 1.29 is 32.4 Å². The van der Waals surface area contributed by atoms with Crippen LogP contribution in [-0.2, 0) is 34.0 Å². The molecule has 7 aromatic rings. The molecular weight excluding hydrogens is 1140 g/mol. The first kappa shape index (κ1) is 62.1. The number of aromatic nitrogens is 2. The van der Waals surface area contributed by atoms with Crippen LogP contribution in [0.15, 0.2) is 139 Å². The molecule has 0 aliphatic carbocycles. The Kier molecular flexibility index (Phi) is 19.2. The Morgan fingerprint density at radius 2 is 0.989 bits per heavy atom. The average molecular weight is 1230 g/mol. The fraction of sp³-hybridized carbons (Fsp3) is 0.420. The van der Waals surface area contributed by atoms with E-state index in [9.17, 15) is 32.4 Å². The van der Waals surface area contributed by atoms with Gasteiger partial charge >= 0.3 is 0 Å². The largest absolute Gasteiger partial charge is 0.382 e. The van der Waals surface area contributed by atoms with E-state index in [1.807, 2.05) is 80.4 Å². The number of H-pyrrole nitrogens is 2. The predicted molar refractivity (Wildman–Crippen MR) is 354 cm³/mol. The van der Waals surface area contributed by atoms with Gasteiger partial charge in [-0.1, -0.05) is 78.9 Å². The van der Waals surface area contributed by atoms with Crippen molar-refractivity contribution in [2.24, 2.45) is 10.9 Å². The number of rotatable bonds is 6. The summed E-state index contributed by atoms with van der Waals surface area (Å²) in [5, 5.41) is 8.95. The third kappa shape index (κ3) is 14.3. The van der Waals surface area contributed by atoms with Crippen molar-refractivity contribution >= 4 is 96.0 Å². The number of aliphatic imine (C=N–C) groups is 1. The second-order valence-corrected chi connectivity index (χ2v) is 26.6. The Morgan fingerprint density at radius 3 is 1.56 bits per heavy atom. The fourth-order valence-corrected chi connectivity index (χ4v) is 14.7. The highest BCUT2D eigenvalue weighted by molar-refractivity contribution is 7.88. The van der Waals surface area contributed by atoms with E-state index < -0.39 is 10.0 Å². The summed E-state index contributed by atoms with van der Waals surface area (Å²) < 4.78 is 24.1. The van der Waals surface area contributed by atoms with Crippen LogP contribution in [0.1, 0.15) is 94.2 Å². The van der Waals surface area contributed by atoms with Crippen LogP contribution in [-0.4, -0.2) is 181 Å². The summed E-state index contributed by atoms with van der Waals surface area (Å²) in [6.07, 6.45) is 12.5. The minimum Gasteiger partial charge on any atom is -0.382 e. The Hall–Kier alpha value is -8.49. The van der Waals surface area contributed by atoms with Crippen molar-refractivity contribution in [1.29, 1.82) is 0 Å². The lowest BCUT2D eigenvalue weighted by atomic mass is 9.84. The number of likely N-dealkylation sites (tertiary alicyclic amines) is 4. The minimum atomic E-state index is -3.02. The lowest BCUT2D eigenvalue weighted by Crippen LogP contribution is -2.51. The number of nitrogens with zero attached hydrogens (tertiary/aromatic N) is 8. The summed E-state index contributed by atoms with van der Waals surface area (Å²) in [4.78, 5) is 80.4. The highest BCUT2D eigenvalue weighted by Gasteiger charge is 2.40. The first-order chi connectivity index (χ1) is 43.0. The molecule has 15 rings (SSSR count). The fourth-order valence-electron chi connectivity index (χ4n) is 13.8. The molecule has 5 saturated heterocycles.